The molecular weight excluding hydrogens is 467 g/mol. The maximum atomic E-state index is 12.9. The summed E-state index contributed by atoms with van der Waals surface area (Å²) in [5, 5.41) is 11.2. The van der Waals surface area contributed by atoms with Gasteiger partial charge in [-0.05, 0) is 38.1 Å². The Labute approximate surface area is 197 Å². The Bertz CT molecular complexity index is 1180. The van der Waals surface area contributed by atoms with Gasteiger partial charge in [-0.2, -0.15) is 18.3 Å². The molecule has 35 heavy (non-hydrogen) atoms. The number of anilines is 2. The monoisotopic (exact) mass is 489 g/mol. The van der Waals surface area contributed by atoms with Gasteiger partial charge in [0.1, 0.15) is 6.61 Å². The highest BCUT2D eigenvalue weighted by Crippen LogP contribution is 2.29. The van der Waals surface area contributed by atoms with E-state index < -0.39 is 23.6 Å². The van der Waals surface area contributed by atoms with Crippen LogP contribution in [0.3, 0.4) is 0 Å². The van der Waals surface area contributed by atoms with E-state index in [9.17, 15) is 22.8 Å². The van der Waals surface area contributed by atoms with Crippen molar-refractivity contribution in [3.05, 3.63) is 59.8 Å². The van der Waals surface area contributed by atoms with Crippen LogP contribution in [0.4, 0.5) is 24.5 Å². The third kappa shape index (κ3) is 6.32. The Morgan fingerprint density at radius 2 is 1.89 bits per heavy atom. The van der Waals surface area contributed by atoms with Gasteiger partial charge in [0.2, 0.25) is 5.88 Å². The molecule has 2 amide bonds. The number of ether oxygens (including phenoxy) is 1. The van der Waals surface area contributed by atoms with Gasteiger partial charge in [-0.1, -0.05) is 0 Å². The lowest BCUT2D eigenvalue weighted by Gasteiger charge is -2.14. The zero-order valence-electron chi connectivity index (χ0n) is 18.4. The highest BCUT2D eigenvalue weighted by atomic mass is 19.4. The Morgan fingerprint density at radius 1 is 1.09 bits per heavy atom. The van der Waals surface area contributed by atoms with Crippen LogP contribution in [0.25, 0.3) is 0 Å². The number of rotatable bonds is 8. The molecule has 0 atom stereocenters. The Morgan fingerprint density at radius 3 is 2.60 bits per heavy atom. The molecule has 0 aliphatic carbocycles. The molecule has 4 rings (SSSR count). The highest BCUT2D eigenvalue weighted by molar-refractivity contribution is 6.11. The predicted octanol–water partition coefficient (Wildman–Crippen LogP) is 3.20. The molecule has 0 bridgehead atoms. The summed E-state index contributed by atoms with van der Waals surface area (Å²) < 4.78 is 44.3. The normalized spacial score (nSPS) is 14.0. The summed E-state index contributed by atoms with van der Waals surface area (Å²) in [5.41, 5.74) is -1.20. The number of halogens is 3. The van der Waals surface area contributed by atoms with E-state index in [4.69, 9.17) is 4.74 Å². The highest BCUT2D eigenvalue weighted by Gasteiger charge is 2.31. The maximum absolute atomic E-state index is 12.9. The van der Waals surface area contributed by atoms with Crippen LogP contribution in [-0.2, 0) is 6.18 Å². The Hall–Kier alpha value is -4.00. The first-order valence-corrected chi connectivity index (χ1v) is 10.8. The molecule has 1 aliphatic heterocycles. The van der Waals surface area contributed by atoms with Gasteiger partial charge in [-0.25, -0.2) is 4.98 Å². The lowest BCUT2D eigenvalue weighted by molar-refractivity contribution is -0.137. The third-order valence-electron chi connectivity index (χ3n) is 5.28. The molecule has 3 aromatic heterocycles. The fourth-order valence-electron chi connectivity index (χ4n) is 3.49. The van der Waals surface area contributed by atoms with Crippen molar-refractivity contribution in [1.29, 1.82) is 0 Å². The van der Waals surface area contributed by atoms with Crippen molar-refractivity contribution in [3.8, 4) is 5.88 Å². The summed E-state index contributed by atoms with van der Waals surface area (Å²) >= 11 is 0. The number of nitrogens with one attached hydrogen (secondary N) is 3. The standard InChI is InChI=1S/C22H22F3N7O3/c23-22(24,25)15-9-14(10-26-11-15)20(33)30-17-13-28-31-19(17)21(34)29-16-3-4-18(27-12-16)35-8-7-32-5-1-2-6-32/h3-4,9-13H,1-2,5-8H2,(H,28,31)(H,29,34)(H,30,33). The van der Waals surface area contributed by atoms with Crippen molar-refractivity contribution in [3.63, 3.8) is 0 Å². The van der Waals surface area contributed by atoms with Crippen LogP contribution in [0.1, 0.15) is 39.3 Å². The number of hydrogen-bond donors (Lipinski definition) is 3. The summed E-state index contributed by atoms with van der Waals surface area (Å²) in [5.74, 6) is -1.12. The van der Waals surface area contributed by atoms with Crippen LogP contribution in [-0.4, -0.2) is 63.1 Å². The molecule has 184 valence electrons. The first-order valence-electron chi connectivity index (χ1n) is 10.8. The van der Waals surface area contributed by atoms with E-state index in [1.165, 1.54) is 25.2 Å². The molecule has 0 spiro atoms. The van der Waals surface area contributed by atoms with Crippen LogP contribution in [0.15, 0.2) is 43.0 Å². The molecule has 1 fully saturated rings. The molecule has 0 saturated carbocycles. The number of amides is 2. The molecule has 3 N–H and O–H groups in total. The molecule has 13 heteroatoms. The van der Waals surface area contributed by atoms with Gasteiger partial charge < -0.3 is 15.4 Å². The van der Waals surface area contributed by atoms with Gasteiger partial charge in [0, 0.05) is 31.2 Å². The van der Waals surface area contributed by atoms with Crippen molar-refractivity contribution in [2.75, 3.05) is 36.9 Å². The fourth-order valence-corrected chi connectivity index (χ4v) is 3.49. The van der Waals surface area contributed by atoms with Crippen LogP contribution in [0.5, 0.6) is 5.88 Å². The number of carbonyl (C=O) groups is 2. The van der Waals surface area contributed by atoms with E-state index in [2.05, 4.69) is 35.7 Å². The first-order chi connectivity index (χ1) is 16.8. The number of pyridine rings is 2. The van der Waals surface area contributed by atoms with Crippen molar-refractivity contribution >= 4 is 23.2 Å². The summed E-state index contributed by atoms with van der Waals surface area (Å²) in [6, 6.07) is 3.89. The van der Waals surface area contributed by atoms with Crippen molar-refractivity contribution in [2.45, 2.75) is 19.0 Å². The zero-order chi connectivity index (χ0) is 24.8. The molecule has 10 nitrogen and oxygen atoms in total. The molecule has 0 radical (unpaired) electrons. The number of aromatic nitrogens is 4. The van der Waals surface area contributed by atoms with E-state index in [0.717, 1.165) is 25.8 Å². The number of hydrogen-bond acceptors (Lipinski definition) is 7. The molecule has 1 saturated heterocycles. The second kappa shape index (κ2) is 10.5. The Balaban J connectivity index is 1.34. The van der Waals surface area contributed by atoms with E-state index in [-0.39, 0.29) is 16.9 Å². The Kier molecular flexibility index (Phi) is 7.25. The largest absolute Gasteiger partial charge is 0.476 e. The van der Waals surface area contributed by atoms with E-state index in [0.29, 0.717) is 30.4 Å². The van der Waals surface area contributed by atoms with Gasteiger partial charge in [-0.3, -0.25) is 24.6 Å². The second-order valence-electron chi connectivity index (χ2n) is 7.80. The van der Waals surface area contributed by atoms with Crippen LogP contribution in [0, 0.1) is 0 Å². The zero-order valence-corrected chi connectivity index (χ0v) is 18.4. The average molecular weight is 489 g/mol. The molecule has 1 aliphatic rings. The van der Waals surface area contributed by atoms with Crippen molar-refractivity contribution < 1.29 is 27.5 Å². The minimum Gasteiger partial charge on any atom is -0.476 e. The van der Waals surface area contributed by atoms with Crippen LogP contribution >= 0.6 is 0 Å². The number of likely N-dealkylation sites (tertiary alicyclic amines) is 1. The fraction of sp³-hybridized carbons (Fsp3) is 0.318. The first kappa shape index (κ1) is 24.1. The number of alkyl halides is 3. The van der Waals surface area contributed by atoms with E-state index >= 15 is 0 Å². The summed E-state index contributed by atoms with van der Waals surface area (Å²) in [6.07, 6.45) is 2.03. The molecular formula is C22H22F3N7O3. The number of aromatic amines is 1. The van der Waals surface area contributed by atoms with Gasteiger partial charge >= 0.3 is 6.18 Å². The minimum atomic E-state index is -4.65. The summed E-state index contributed by atoms with van der Waals surface area (Å²) in [4.78, 5) is 35.0. The van der Waals surface area contributed by atoms with Gasteiger partial charge in [0.25, 0.3) is 11.8 Å². The number of carbonyl (C=O) groups excluding carboxylic acids is 2. The van der Waals surface area contributed by atoms with Gasteiger partial charge in [0.05, 0.1) is 28.7 Å². The van der Waals surface area contributed by atoms with Gasteiger partial charge in [0.15, 0.2) is 5.69 Å². The van der Waals surface area contributed by atoms with Crippen molar-refractivity contribution in [2.24, 2.45) is 0 Å². The SMILES string of the molecule is O=C(Nc1c[nH]nc1C(=O)Nc1ccc(OCCN2CCCC2)nc1)c1cncc(C(F)(F)F)c1. The van der Waals surface area contributed by atoms with E-state index in [1.54, 1.807) is 12.1 Å². The number of nitrogens with zero attached hydrogens (tertiary/aromatic N) is 4. The third-order valence-corrected chi connectivity index (χ3v) is 5.28. The van der Waals surface area contributed by atoms with Crippen LogP contribution < -0.4 is 15.4 Å². The smallest absolute Gasteiger partial charge is 0.417 e. The predicted molar refractivity (Wildman–Crippen MR) is 119 cm³/mol. The maximum Gasteiger partial charge on any atom is 0.417 e. The average Bonchev–Trinajstić information content (AvgIpc) is 3.52. The lowest BCUT2D eigenvalue weighted by Crippen LogP contribution is -2.25. The lowest BCUT2D eigenvalue weighted by atomic mass is 10.2. The summed E-state index contributed by atoms with van der Waals surface area (Å²) in [6.45, 7) is 3.49. The quantitative estimate of drug-likeness (QED) is 0.444. The second-order valence-corrected chi connectivity index (χ2v) is 7.80. The molecule has 3 aromatic rings. The topological polar surface area (TPSA) is 125 Å². The van der Waals surface area contributed by atoms with Crippen LogP contribution in [0.2, 0.25) is 0 Å². The molecule has 0 aromatic carbocycles. The van der Waals surface area contributed by atoms with Gasteiger partial charge in [-0.15, -0.1) is 0 Å². The van der Waals surface area contributed by atoms with Crippen molar-refractivity contribution in [1.82, 2.24) is 25.1 Å². The van der Waals surface area contributed by atoms with E-state index in [1.807, 2.05) is 0 Å². The summed E-state index contributed by atoms with van der Waals surface area (Å²) in [7, 11) is 0. The molecule has 4 heterocycles. The molecule has 0 unspecified atom stereocenters. The minimum absolute atomic E-state index is 0.0141. The number of H-pyrrole nitrogens is 1.